The van der Waals surface area contributed by atoms with E-state index in [1.165, 1.54) is 11.8 Å². The number of carbonyl (C=O) groups is 1. The molecule has 1 atom stereocenters. The Morgan fingerprint density at radius 2 is 2.86 bits per heavy atom. The highest BCUT2D eigenvalue weighted by Gasteiger charge is 2.08. The maximum absolute atomic E-state index is 9.91. The van der Waals surface area contributed by atoms with Gasteiger partial charge in [-0.05, 0) is 0 Å². The Morgan fingerprint density at radius 3 is 3.14 bits per heavy atom. The van der Waals surface area contributed by atoms with E-state index in [4.69, 9.17) is 0 Å². The molecule has 1 aliphatic rings. The minimum atomic E-state index is 0.111. The number of aliphatic imine (C=N–C) groups is 1. The third-order valence-electron chi connectivity index (χ3n) is 0.747. The Balaban J connectivity index is 2.35. The van der Waals surface area contributed by atoms with Crippen molar-refractivity contribution in [2.24, 2.45) is 4.99 Å². The number of thioether (sulfide) groups is 1. The molecule has 2 nitrogen and oxygen atoms in total. The third-order valence-corrected chi connectivity index (χ3v) is 1.63. The number of hydrogen-bond acceptors (Lipinski definition) is 3. The second kappa shape index (κ2) is 2.12. The molecule has 1 unspecified atom stereocenters. The number of nitrogens with zero attached hydrogens (tertiary/aromatic N) is 1. The van der Waals surface area contributed by atoms with Gasteiger partial charge in [0.2, 0.25) is 0 Å². The number of carbonyl (C=O) groups excluding carboxylic acids is 1. The summed E-state index contributed by atoms with van der Waals surface area (Å²) in [5, 5.41) is 0.111. The van der Waals surface area contributed by atoms with Crippen LogP contribution in [0.5, 0.6) is 0 Å². The fourth-order valence-electron chi connectivity index (χ4n) is 0.386. The lowest BCUT2D eigenvalue weighted by Crippen LogP contribution is -2.01. The van der Waals surface area contributed by atoms with Gasteiger partial charge in [-0.25, -0.2) is 0 Å². The summed E-state index contributed by atoms with van der Waals surface area (Å²) in [6.45, 7) is 0.675. The molecule has 3 heteroatoms. The number of hydrogen-bond donors (Lipinski definition) is 0. The molecule has 0 fully saturated rings. The van der Waals surface area contributed by atoms with Crippen LogP contribution in [0.3, 0.4) is 0 Å². The van der Waals surface area contributed by atoms with Crippen LogP contribution < -0.4 is 0 Å². The molecular formula is C4H5NOS. The predicted octanol–water partition coefficient (Wildman–Crippen LogP) is 0.329. The molecule has 0 aromatic heterocycles. The lowest BCUT2D eigenvalue weighted by Gasteiger charge is -1.88. The second-order valence-corrected chi connectivity index (χ2v) is 2.37. The summed E-state index contributed by atoms with van der Waals surface area (Å²) in [5.41, 5.74) is 1.72. The van der Waals surface area contributed by atoms with E-state index in [0.29, 0.717) is 6.54 Å². The Labute approximate surface area is 46.0 Å². The molecule has 1 rings (SSSR count). The zero-order valence-electron chi connectivity index (χ0n) is 3.70. The zero-order valence-corrected chi connectivity index (χ0v) is 4.52. The second-order valence-electron chi connectivity index (χ2n) is 1.28. The van der Waals surface area contributed by atoms with Gasteiger partial charge in [-0.15, -0.1) is 11.8 Å². The van der Waals surface area contributed by atoms with Crippen LogP contribution in [-0.4, -0.2) is 23.6 Å². The number of rotatable bonds is 1. The minimum Gasteiger partial charge on any atom is -0.302 e. The standard InChI is InChI=1S/C4H5NOS/c6-2-4-1-5-3-7-4/h2-4H,1H2. The van der Waals surface area contributed by atoms with Crippen molar-refractivity contribution in [1.29, 1.82) is 0 Å². The average molecular weight is 115 g/mol. The van der Waals surface area contributed by atoms with Crippen molar-refractivity contribution < 1.29 is 4.79 Å². The zero-order chi connectivity index (χ0) is 5.11. The Kier molecular flexibility index (Phi) is 1.46. The molecule has 0 aromatic rings. The third kappa shape index (κ3) is 1.03. The van der Waals surface area contributed by atoms with Gasteiger partial charge < -0.3 is 4.79 Å². The molecule has 0 saturated carbocycles. The summed E-state index contributed by atoms with van der Waals surface area (Å²) < 4.78 is 0. The van der Waals surface area contributed by atoms with Crippen LogP contribution in [-0.2, 0) is 4.79 Å². The summed E-state index contributed by atoms with van der Waals surface area (Å²) in [6.07, 6.45) is 0.928. The first-order valence-electron chi connectivity index (χ1n) is 2.02. The highest BCUT2D eigenvalue weighted by atomic mass is 32.2. The molecule has 0 spiro atoms. The Morgan fingerprint density at radius 1 is 2.00 bits per heavy atom. The highest BCUT2D eigenvalue weighted by molar-refractivity contribution is 8.13. The van der Waals surface area contributed by atoms with Gasteiger partial charge in [-0.1, -0.05) is 0 Å². The summed E-state index contributed by atoms with van der Waals surface area (Å²) in [5.74, 6) is 0. The van der Waals surface area contributed by atoms with Crippen LogP contribution in [0.25, 0.3) is 0 Å². The smallest absolute Gasteiger partial charge is 0.135 e. The molecule has 0 aromatic carbocycles. The van der Waals surface area contributed by atoms with Crippen LogP contribution in [0, 0.1) is 0 Å². The van der Waals surface area contributed by atoms with Gasteiger partial charge in [0, 0.05) is 0 Å². The van der Waals surface area contributed by atoms with E-state index in [9.17, 15) is 4.79 Å². The van der Waals surface area contributed by atoms with Gasteiger partial charge >= 0.3 is 0 Å². The summed E-state index contributed by atoms with van der Waals surface area (Å²) >= 11 is 1.48. The largest absolute Gasteiger partial charge is 0.302 e. The average Bonchev–Trinajstić information content (AvgIpc) is 2.14. The first-order valence-corrected chi connectivity index (χ1v) is 2.97. The van der Waals surface area contributed by atoms with E-state index >= 15 is 0 Å². The minimum absolute atomic E-state index is 0.111. The molecule has 1 heterocycles. The normalized spacial score (nSPS) is 28.3. The lowest BCUT2D eigenvalue weighted by molar-refractivity contribution is -0.107. The van der Waals surface area contributed by atoms with Crippen molar-refractivity contribution in [3.63, 3.8) is 0 Å². The summed E-state index contributed by atoms with van der Waals surface area (Å²) in [4.78, 5) is 13.7. The van der Waals surface area contributed by atoms with Gasteiger partial charge in [0.15, 0.2) is 0 Å². The van der Waals surface area contributed by atoms with Crippen molar-refractivity contribution in [3.8, 4) is 0 Å². The molecule has 0 N–H and O–H groups in total. The maximum Gasteiger partial charge on any atom is 0.135 e. The van der Waals surface area contributed by atoms with Crippen molar-refractivity contribution in [3.05, 3.63) is 0 Å². The first kappa shape index (κ1) is 4.84. The topological polar surface area (TPSA) is 29.4 Å². The van der Waals surface area contributed by atoms with E-state index in [-0.39, 0.29) is 5.25 Å². The van der Waals surface area contributed by atoms with E-state index in [1.807, 2.05) is 0 Å². The molecule has 7 heavy (non-hydrogen) atoms. The summed E-state index contributed by atoms with van der Waals surface area (Å²) in [7, 11) is 0. The SMILES string of the molecule is O=CC1CN=CS1. The monoisotopic (exact) mass is 115 g/mol. The Hall–Kier alpha value is -0.310. The van der Waals surface area contributed by atoms with Gasteiger partial charge in [-0.2, -0.15) is 0 Å². The van der Waals surface area contributed by atoms with Crippen LogP contribution in [0.2, 0.25) is 0 Å². The summed E-state index contributed by atoms with van der Waals surface area (Å²) in [6, 6.07) is 0. The molecule has 0 aliphatic carbocycles. The van der Waals surface area contributed by atoms with E-state index in [1.54, 1.807) is 5.55 Å². The molecule has 0 radical (unpaired) electrons. The molecule has 0 bridgehead atoms. The van der Waals surface area contributed by atoms with Gasteiger partial charge in [0.1, 0.15) is 6.29 Å². The van der Waals surface area contributed by atoms with Crippen molar-refractivity contribution in [2.45, 2.75) is 5.25 Å². The van der Waals surface area contributed by atoms with Gasteiger partial charge in [-0.3, -0.25) is 4.99 Å². The van der Waals surface area contributed by atoms with Crippen LogP contribution in [0.15, 0.2) is 4.99 Å². The lowest BCUT2D eigenvalue weighted by atomic mass is 10.5. The van der Waals surface area contributed by atoms with Crippen LogP contribution >= 0.6 is 11.8 Å². The van der Waals surface area contributed by atoms with Crippen molar-refractivity contribution in [1.82, 2.24) is 0 Å². The van der Waals surface area contributed by atoms with Crippen molar-refractivity contribution in [2.75, 3.05) is 6.54 Å². The number of aldehydes is 1. The maximum atomic E-state index is 9.91. The van der Waals surface area contributed by atoms with Gasteiger partial charge in [0.05, 0.1) is 17.3 Å². The van der Waals surface area contributed by atoms with Crippen LogP contribution in [0.4, 0.5) is 0 Å². The quantitative estimate of drug-likeness (QED) is 0.461. The molecular weight excluding hydrogens is 110 g/mol. The molecule has 1 aliphatic heterocycles. The molecule has 0 amide bonds. The van der Waals surface area contributed by atoms with Gasteiger partial charge in [0.25, 0.3) is 0 Å². The highest BCUT2D eigenvalue weighted by Crippen LogP contribution is 2.10. The predicted molar refractivity (Wildman–Crippen MR) is 30.8 cm³/mol. The van der Waals surface area contributed by atoms with Crippen LogP contribution in [0.1, 0.15) is 0 Å². The Bertz CT molecular complexity index is 93.9. The first-order chi connectivity index (χ1) is 3.43. The van der Waals surface area contributed by atoms with Crippen molar-refractivity contribution >= 4 is 23.6 Å². The fraction of sp³-hybridized carbons (Fsp3) is 0.500. The molecule has 0 saturated heterocycles. The van der Waals surface area contributed by atoms with E-state index < -0.39 is 0 Å². The fourth-order valence-corrected chi connectivity index (χ4v) is 0.951. The molecule has 38 valence electrons. The van der Waals surface area contributed by atoms with E-state index in [2.05, 4.69) is 4.99 Å². The van der Waals surface area contributed by atoms with E-state index in [0.717, 1.165) is 6.29 Å².